The van der Waals surface area contributed by atoms with Gasteiger partial charge in [-0.1, -0.05) is 0 Å². The summed E-state index contributed by atoms with van der Waals surface area (Å²) in [5.41, 5.74) is 0. The van der Waals surface area contributed by atoms with E-state index in [4.69, 9.17) is 9.47 Å². The van der Waals surface area contributed by atoms with E-state index in [0.29, 0.717) is 13.2 Å². The van der Waals surface area contributed by atoms with Gasteiger partial charge in [0.2, 0.25) is 0 Å². The smallest absolute Gasteiger partial charge is 1.00 e. The van der Waals surface area contributed by atoms with Crippen LogP contribution in [0, 0.1) is 17.7 Å². The number of rotatable bonds is 5. The van der Waals surface area contributed by atoms with Crippen LogP contribution in [0.3, 0.4) is 0 Å². The molecule has 0 aliphatic rings. The maximum Gasteiger partial charge on any atom is 2.00 e. The minimum absolute atomic E-state index is 0. The van der Waals surface area contributed by atoms with E-state index in [-0.39, 0.29) is 52.4 Å². The molecule has 1 aromatic carbocycles. The van der Waals surface area contributed by atoms with Crippen molar-refractivity contribution in [2.45, 2.75) is 6.92 Å². The summed E-state index contributed by atoms with van der Waals surface area (Å²) in [6.45, 7) is 2.96. The van der Waals surface area contributed by atoms with Crippen molar-refractivity contribution in [3.8, 4) is 5.75 Å². The van der Waals surface area contributed by atoms with Gasteiger partial charge in [-0.25, -0.2) is 4.39 Å². The van der Waals surface area contributed by atoms with Gasteiger partial charge in [-0.3, -0.25) is 4.39 Å². The molecule has 0 unspecified atom stereocenters. The van der Waals surface area contributed by atoms with E-state index in [1.165, 1.54) is 6.07 Å². The Morgan fingerprint density at radius 1 is 1.25 bits per heavy atom. The van der Waals surface area contributed by atoms with E-state index in [1.807, 2.05) is 6.92 Å². The van der Waals surface area contributed by atoms with Gasteiger partial charge >= 0.3 is 23.1 Å². The second-order valence-electron chi connectivity index (χ2n) is 2.53. The Labute approximate surface area is 120 Å². The fourth-order valence-corrected chi connectivity index (χ4v) is 0.895. The Morgan fingerprint density at radius 2 is 1.94 bits per heavy atom. The summed E-state index contributed by atoms with van der Waals surface area (Å²) >= 11 is 0. The SMILES string of the molecule is CCOCCOc1c[c-]cc(F)c1F.[Br-].[Mg+2]. The van der Waals surface area contributed by atoms with Crippen LogP contribution < -0.4 is 21.7 Å². The van der Waals surface area contributed by atoms with Gasteiger partial charge in [-0.15, -0.1) is 12.1 Å². The predicted octanol–water partition coefficient (Wildman–Crippen LogP) is -1.20. The Hall–Kier alpha value is 0.0862. The van der Waals surface area contributed by atoms with Gasteiger partial charge < -0.3 is 26.5 Å². The largest absolute Gasteiger partial charge is 2.00 e. The average Bonchev–Trinajstić information content (AvgIpc) is 2.19. The van der Waals surface area contributed by atoms with Crippen molar-refractivity contribution in [2.24, 2.45) is 0 Å². The first-order valence-corrected chi connectivity index (χ1v) is 4.31. The van der Waals surface area contributed by atoms with Crippen LogP contribution in [-0.2, 0) is 4.74 Å². The average molecular weight is 305 g/mol. The summed E-state index contributed by atoms with van der Waals surface area (Å²) in [4.78, 5) is 0. The normalized spacial score (nSPS) is 8.94. The molecule has 0 saturated carbocycles. The molecule has 1 rings (SSSR count). The molecule has 0 spiro atoms. The van der Waals surface area contributed by atoms with Crippen LogP contribution in [0.15, 0.2) is 12.1 Å². The van der Waals surface area contributed by atoms with Gasteiger partial charge in [-0.05, 0) is 6.92 Å². The van der Waals surface area contributed by atoms with E-state index >= 15 is 0 Å². The monoisotopic (exact) mass is 304 g/mol. The number of hydrogen-bond acceptors (Lipinski definition) is 2. The number of halogens is 3. The molecule has 86 valence electrons. The molecule has 0 aromatic heterocycles. The van der Waals surface area contributed by atoms with Gasteiger partial charge in [0.1, 0.15) is 0 Å². The Morgan fingerprint density at radius 3 is 2.56 bits per heavy atom. The summed E-state index contributed by atoms with van der Waals surface area (Å²) in [5.74, 6) is -2.08. The quantitative estimate of drug-likeness (QED) is 0.387. The molecule has 6 heteroatoms. The molecule has 0 aliphatic carbocycles. The first kappa shape index (κ1) is 18.5. The fourth-order valence-electron chi connectivity index (χ4n) is 0.895. The molecule has 0 radical (unpaired) electrons. The number of hydrogen-bond donors (Lipinski definition) is 0. The molecular formula is C10H11BrF2MgO2. The van der Waals surface area contributed by atoms with Crippen LogP contribution in [-0.4, -0.2) is 42.9 Å². The summed E-state index contributed by atoms with van der Waals surface area (Å²) in [6.07, 6.45) is 0. The van der Waals surface area contributed by atoms with Crippen molar-refractivity contribution in [2.75, 3.05) is 19.8 Å². The van der Waals surface area contributed by atoms with E-state index in [9.17, 15) is 8.78 Å². The fraction of sp³-hybridized carbons (Fsp3) is 0.400. The van der Waals surface area contributed by atoms with Gasteiger partial charge in [0.05, 0.1) is 19.0 Å². The molecule has 1 aromatic rings. The van der Waals surface area contributed by atoms with Crippen molar-refractivity contribution >= 4 is 23.1 Å². The Bertz CT molecular complexity index is 300. The summed E-state index contributed by atoms with van der Waals surface area (Å²) in [5, 5.41) is 0. The maximum absolute atomic E-state index is 13.0. The van der Waals surface area contributed by atoms with E-state index in [1.54, 1.807) is 0 Å². The van der Waals surface area contributed by atoms with Crippen LogP contribution in [0.4, 0.5) is 8.78 Å². The van der Waals surface area contributed by atoms with Crippen LogP contribution in [0.1, 0.15) is 6.92 Å². The van der Waals surface area contributed by atoms with Crippen LogP contribution in [0.25, 0.3) is 0 Å². The third-order valence-corrected chi connectivity index (χ3v) is 1.54. The zero-order valence-electron chi connectivity index (χ0n) is 8.93. The molecule has 0 heterocycles. The standard InChI is InChI=1S/C10H11F2O2.BrH.Mg/c1-2-13-6-7-14-9-5-3-4-8(11)10(9)12;;/h4-5H,2,6-7H2,1H3;1H;/q-1;;+2/p-1. The second-order valence-corrected chi connectivity index (χ2v) is 2.53. The van der Waals surface area contributed by atoms with Crippen molar-refractivity contribution in [3.05, 3.63) is 29.8 Å². The maximum atomic E-state index is 13.0. The minimum atomic E-state index is -0.986. The molecular weight excluding hydrogens is 294 g/mol. The number of ether oxygens (including phenoxy) is 2. The third kappa shape index (κ3) is 5.98. The zero-order chi connectivity index (χ0) is 10.4. The van der Waals surface area contributed by atoms with Crippen LogP contribution in [0.5, 0.6) is 5.75 Å². The van der Waals surface area contributed by atoms with E-state index in [2.05, 4.69) is 6.07 Å². The first-order valence-electron chi connectivity index (χ1n) is 4.31. The first-order chi connectivity index (χ1) is 6.75. The van der Waals surface area contributed by atoms with Crippen LogP contribution >= 0.6 is 0 Å². The number of benzene rings is 1. The van der Waals surface area contributed by atoms with Crippen molar-refractivity contribution in [1.82, 2.24) is 0 Å². The molecule has 0 aliphatic heterocycles. The van der Waals surface area contributed by atoms with Crippen molar-refractivity contribution in [3.63, 3.8) is 0 Å². The molecule has 0 amide bonds. The van der Waals surface area contributed by atoms with Crippen LogP contribution in [0.2, 0.25) is 0 Å². The minimum Gasteiger partial charge on any atom is -1.00 e. The zero-order valence-corrected chi connectivity index (χ0v) is 11.9. The molecule has 0 saturated heterocycles. The van der Waals surface area contributed by atoms with Gasteiger partial charge in [0, 0.05) is 18.2 Å². The van der Waals surface area contributed by atoms with E-state index < -0.39 is 11.6 Å². The van der Waals surface area contributed by atoms with E-state index in [0.717, 1.165) is 6.07 Å². The third-order valence-electron chi connectivity index (χ3n) is 1.54. The molecule has 0 bridgehead atoms. The van der Waals surface area contributed by atoms with Gasteiger partial charge in [0.15, 0.2) is 0 Å². The molecule has 0 fully saturated rings. The predicted molar refractivity (Wildman–Crippen MR) is 52.9 cm³/mol. The molecule has 0 atom stereocenters. The Balaban J connectivity index is 0. The van der Waals surface area contributed by atoms with Gasteiger partial charge in [-0.2, -0.15) is 6.07 Å². The van der Waals surface area contributed by atoms with Crippen molar-refractivity contribution < 1.29 is 35.2 Å². The van der Waals surface area contributed by atoms with Crippen molar-refractivity contribution in [1.29, 1.82) is 0 Å². The topological polar surface area (TPSA) is 18.5 Å². The van der Waals surface area contributed by atoms with Gasteiger partial charge in [0.25, 0.3) is 0 Å². The molecule has 16 heavy (non-hydrogen) atoms. The molecule has 0 N–H and O–H groups in total. The summed E-state index contributed by atoms with van der Waals surface area (Å²) < 4.78 is 35.5. The second kappa shape index (κ2) is 10.3. The summed E-state index contributed by atoms with van der Waals surface area (Å²) in [7, 11) is 0. The molecule has 2 nitrogen and oxygen atoms in total. The summed E-state index contributed by atoms with van der Waals surface area (Å²) in [6, 6.07) is 4.61. The Kier molecular flexibility index (Phi) is 11.8.